The maximum atomic E-state index is 11.9. The molecule has 4 fully saturated rings. The third-order valence-electron chi connectivity index (χ3n) is 7.21. The molecule has 0 radical (unpaired) electrons. The SMILES string of the molecule is COc1cc2c(cc1NC(=S)NC13CC4CC(CC(C4)C1)C3)CCCC(=O)N2. The fourth-order valence-corrected chi connectivity index (χ4v) is 6.85. The van der Waals surface area contributed by atoms with E-state index < -0.39 is 0 Å². The molecule has 1 heterocycles. The van der Waals surface area contributed by atoms with Crippen molar-refractivity contribution >= 4 is 34.6 Å². The number of ether oxygens (including phenoxy) is 1. The molecule has 1 aromatic rings. The average Bonchev–Trinajstić information content (AvgIpc) is 2.79. The van der Waals surface area contributed by atoms with Gasteiger partial charge in [0.05, 0.1) is 12.8 Å². The van der Waals surface area contributed by atoms with Gasteiger partial charge in [0.2, 0.25) is 5.91 Å². The smallest absolute Gasteiger partial charge is 0.224 e. The van der Waals surface area contributed by atoms with Crippen LogP contribution in [0.15, 0.2) is 12.1 Å². The van der Waals surface area contributed by atoms with E-state index >= 15 is 0 Å². The molecule has 4 bridgehead atoms. The van der Waals surface area contributed by atoms with Crippen molar-refractivity contribution in [2.24, 2.45) is 17.8 Å². The molecule has 5 aliphatic rings. The van der Waals surface area contributed by atoms with E-state index in [2.05, 4.69) is 22.0 Å². The molecule has 28 heavy (non-hydrogen) atoms. The fraction of sp³-hybridized carbons (Fsp3) is 0.636. The largest absolute Gasteiger partial charge is 0.494 e. The number of nitrogens with one attached hydrogen (secondary N) is 3. The summed E-state index contributed by atoms with van der Waals surface area (Å²) in [4.78, 5) is 11.9. The lowest BCUT2D eigenvalue weighted by molar-refractivity contribution is -0.116. The van der Waals surface area contributed by atoms with Crippen LogP contribution in [0.3, 0.4) is 0 Å². The van der Waals surface area contributed by atoms with Crippen LogP contribution in [-0.2, 0) is 11.2 Å². The van der Waals surface area contributed by atoms with Crippen molar-refractivity contribution in [1.82, 2.24) is 5.32 Å². The predicted molar refractivity (Wildman–Crippen MR) is 115 cm³/mol. The van der Waals surface area contributed by atoms with Gasteiger partial charge >= 0.3 is 0 Å². The zero-order valence-corrected chi connectivity index (χ0v) is 17.3. The van der Waals surface area contributed by atoms with Crippen LogP contribution in [0, 0.1) is 17.8 Å². The van der Waals surface area contributed by atoms with Gasteiger partial charge in [-0.2, -0.15) is 0 Å². The minimum absolute atomic E-state index is 0.0699. The highest BCUT2D eigenvalue weighted by Gasteiger charge is 2.51. The van der Waals surface area contributed by atoms with Crippen molar-refractivity contribution in [3.05, 3.63) is 17.7 Å². The second-order valence-electron chi connectivity index (χ2n) is 9.39. The van der Waals surface area contributed by atoms with Crippen molar-refractivity contribution in [2.45, 2.75) is 63.3 Å². The number of hydrogen-bond acceptors (Lipinski definition) is 3. The number of anilines is 2. The number of hydrogen-bond donors (Lipinski definition) is 3. The van der Waals surface area contributed by atoms with E-state index in [1.165, 1.54) is 38.5 Å². The minimum Gasteiger partial charge on any atom is -0.494 e. The molecular formula is C22H29N3O2S. The second kappa shape index (κ2) is 6.90. The molecule has 0 atom stereocenters. The lowest BCUT2D eigenvalue weighted by atomic mass is 9.53. The van der Waals surface area contributed by atoms with Gasteiger partial charge in [-0.3, -0.25) is 4.79 Å². The molecule has 5 nitrogen and oxygen atoms in total. The lowest BCUT2D eigenvalue weighted by Crippen LogP contribution is -2.60. The van der Waals surface area contributed by atoms with Crippen LogP contribution in [-0.4, -0.2) is 23.7 Å². The fourth-order valence-electron chi connectivity index (χ4n) is 6.52. The zero-order valence-electron chi connectivity index (χ0n) is 16.5. The highest BCUT2D eigenvalue weighted by Crippen LogP contribution is 2.55. The molecule has 6 heteroatoms. The Bertz CT molecular complexity index is 787. The van der Waals surface area contributed by atoms with E-state index in [1.54, 1.807) is 7.11 Å². The summed E-state index contributed by atoms with van der Waals surface area (Å²) in [5, 5.41) is 10.8. The Morgan fingerprint density at radius 2 is 1.82 bits per heavy atom. The normalized spacial score (nSPS) is 32.9. The Morgan fingerprint density at radius 3 is 2.46 bits per heavy atom. The van der Waals surface area contributed by atoms with Crippen LogP contribution in [0.2, 0.25) is 0 Å². The number of methoxy groups -OCH3 is 1. The first-order valence-corrected chi connectivity index (χ1v) is 11.0. The van der Waals surface area contributed by atoms with Crippen LogP contribution in [0.25, 0.3) is 0 Å². The monoisotopic (exact) mass is 399 g/mol. The first-order valence-electron chi connectivity index (χ1n) is 10.6. The Kier molecular flexibility index (Phi) is 4.49. The van der Waals surface area contributed by atoms with Gasteiger partial charge in [-0.05, 0) is 93.0 Å². The van der Waals surface area contributed by atoms with Crippen LogP contribution < -0.4 is 20.7 Å². The first-order chi connectivity index (χ1) is 13.5. The molecule has 3 N–H and O–H groups in total. The first kappa shape index (κ1) is 18.2. The van der Waals surface area contributed by atoms with E-state index in [0.29, 0.717) is 17.3 Å². The van der Waals surface area contributed by atoms with Gasteiger partial charge in [0, 0.05) is 23.7 Å². The molecule has 1 amide bonds. The van der Waals surface area contributed by atoms with Gasteiger partial charge in [0.25, 0.3) is 0 Å². The van der Waals surface area contributed by atoms with Gasteiger partial charge in [0.1, 0.15) is 5.75 Å². The number of amides is 1. The molecule has 0 spiro atoms. The average molecular weight is 400 g/mol. The van der Waals surface area contributed by atoms with Crippen molar-refractivity contribution in [3.63, 3.8) is 0 Å². The number of aryl methyl sites for hydroxylation is 1. The summed E-state index contributed by atoms with van der Waals surface area (Å²) in [7, 11) is 1.65. The van der Waals surface area contributed by atoms with Crippen LogP contribution in [0.4, 0.5) is 11.4 Å². The molecule has 1 aromatic carbocycles. The number of thiocarbonyl (C=S) groups is 1. The van der Waals surface area contributed by atoms with E-state index in [-0.39, 0.29) is 11.4 Å². The molecule has 4 aliphatic carbocycles. The molecule has 0 saturated heterocycles. The summed E-state index contributed by atoms with van der Waals surface area (Å²) >= 11 is 5.73. The number of rotatable bonds is 3. The van der Waals surface area contributed by atoms with Crippen molar-refractivity contribution in [3.8, 4) is 5.75 Å². The van der Waals surface area contributed by atoms with Gasteiger partial charge in [0.15, 0.2) is 5.11 Å². The van der Waals surface area contributed by atoms with Gasteiger partial charge in [-0.25, -0.2) is 0 Å². The Morgan fingerprint density at radius 1 is 1.14 bits per heavy atom. The van der Waals surface area contributed by atoms with E-state index in [1.807, 2.05) is 6.07 Å². The summed E-state index contributed by atoms with van der Waals surface area (Å²) in [6.45, 7) is 0. The van der Waals surface area contributed by atoms with E-state index in [0.717, 1.165) is 47.5 Å². The number of carbonyl (C=O) groups excluding carboxylic acids is 1. The maximum absolute atomic E-state index is 11.9. The summed E-state index contributed by atoms with van der Waals surface area (Å²) < 4.78 is 5.58. The molecule has 150 valence electrons. The summed E-state index contributed by atoms with van der Waals surface area (Å²) in [6, 6.07) is 3.99. The summed E-state index contributed by atoms with van der Waals surface area (Å²) in [5.41, 5.74) is 3.04. The quantitative estimate of drug-likeness (QED) is 0.664. The van der Waals surface area contributed by atoms with E-state index in [9.17, 15) is 4.79 Å². The minimum atomic E-state index is 0.0699. The van der Waals surface area contributed by atoms with Crippen molar-refractivity contribution in [1.29, 1.82) is 0 Å². The Balaban J connectivity index is 1.34. The molecule has 4 saturated carbocycles. The Hall–Kier alpha value is -1.82. The lowest BCUT2D eigenvalue weighted by Gasteiger charge is -2.57. The van der Waals surface area contributed by atoms with Gasteiger partial charge in [-0.1, -0.05) is 0 Å². The zero-order chi connectivity index (χ0) is 19.3. The van der Waals surface area contributed by atoms with Crippen molar-refractivity contribution < 1.29 is 9.53 Å². The Labute approximate surface area is 172 Å². The van der Waals surface area contributed by atoms with Crippen LogP contribution >= 0.6 is 12.2 Å². The van der Waals surface area contributed by atoms with Gasteiger partial charge in [-0.15, -0.1) is 0 Å². The van der Waals surface area contributed by atoms with E-state index in [4.69, 9.17) is 17.0 Å². The summed E-state index contributed by atoms with van der Waals surface area (Å²) in [6.07, 6.45) is 10.3. The molecule has 0 unspecified atom stereocenters. The molecule has 0 aromatic heterocycles. The number of benzene rings is 1. The molecular weight excluding hydrogens is 370 g/mol. The maximum Gasteiger partial charge on any atom is 0.224 e. The summed E-state index contributed by atoms with van der Waals surface area (Å²) in [5.74, 6) is 3.42. The standard InChI is InChI=1S/C22H29N3O2S/c1-27-19-9-17-16(3-2-4-20(26)23-17)8-18(19)24-21(28)25-22-10-13-5-14(11-22)7-15(6-13)12-22/h8-9,13-15H,2-7,10-12H2,1H3,(H,23,26)(H2,24,25,28). The highest BCUT2D eigenvalue weighted by atomic mass is 32.1. The topological polar surface area (TPSA) is 62.4 Å². The third kappa shape index (κ3) is 3.36. The molecule has 1 aliphatic heterocycles. The van der Waals surface area contributed by atoms with Gasteiger partial charge < -0.3 is 20.7 Å². The number of fused-ring (bicyclic) bond motifs is 1. The second-order valence-corrected chi connectivity index (χ2v) is 9.80. The predicted octanol–water partition coefficient (Wildman–Crippen LogP) is 4.23. The third-order valence-corrected chi connectivity index (χ3v) is 7.42. The molecule has 6 rings (SSSR count). The highest BCUT2D eigenvalue weighted by molar-refractivity contribution is 7.80. The van der Waals surface area contributed by atoms with Crippen LogP contribution in [0.5, 0.6) is 5.75 Å². The van der Waals surface area contributed by atoms with Crippen molar-refractivity contribution in [2.75, 3.05) is 17.7 Å². The van der Waals surface area contributed by atoms with Crippen LogP contribution in [0.1, 0.15) is 56.9 Å². The number of carbonyl (C=O) groups is 1.